The van der Waals surface area contributed by atoms with Gasteiger partial charge in [0.05, 0.1) is 0 Å². The van der Waals surface area contributed by atoms with Gasteiger partial charge >= 0.3 is 17.9 Å². The van der Waals surface area contributed by atoms with Crippen LogP contribution < -0.4 is 0 Å². The van der Waals surface area contributed by atoms with Gasteiger partial charge in [-0.3, -0.25) is 14.4 Å². The number of hydrogen-bond donors (Lipinski definition) is 0. The van der Waals surface area contributed by atoms with E-state index in [0.717, 1.165) is 83.5 Å². The summed E-state index contributed by atoms with van der Waals surface area (Å²) < 4.78 is 16.8. The maximum Gasteiger partial charge on any atom is 0.306 e. The van der Waals surface area contributed by atoms with Crippen LogP contribution in [0, 0.1) is 0 Å². The lowest BCUT2D eigenvalue weighted by atomic mass is 10.0. The minimum atomic E-state index is -0.783. The van der Waals surface area contributed by atoms with Crippen LogP contribution in [-0.2, 0) is 28.6 Å². The maximum atomic E-state index is 12.8. The summed E-state index contributed by atoms with van der Waals surface area (Å²) in [5, 5.41) is 0. The summed E-state index contributed by atoms with van der Waals surface area (Å²) in [6, 6.07) is 0. The molecule has 1 atom stereocenters. The molecule has 0 aliphatic rings. The summed E-state index contributed by atoms with van der Waals surface area (Å²) in [5.74, 6) is -0.897. The smallest absolute Gasteiger partial charge is 0.306 e. The van der Waals surface area contributed by atoms with Crippen molar-refractivity contribution in [2.45, 2.75) is 284 Å². The van der Waals surface area contributed by atoms with Gasteiger partial charge in [-0.2, -0.15) is 0 Å². The molecule has 0 amide bonds. The van der Waals surface area contributed by atoms with Crippen molar-refractivity contribution in [2.75, 3.05) is 13.2 Å². The molecule has 63 heavy (non-hydrogen) atoms. The molecule has 0 unspecified atom stereocenters. The topological polar surface area (TPSA) is 78.9 Å². The standard InChI is InChI=1S/C57H102O6/c1-4-7-10-13-16-19-22-25-27-28-30-33-36-39-42-45-48-51-57(60)63-54(52-61-55(58)49-46-43-40-37-34-31-24-21-18-15-12-9-6-3)53-62-56(59)50-47-44-41-38-35-32-29-26-23-20-17-14-11-8-5-2/h16,19-20,23,25,27,30,33,54H,4-15,17-18,21-22,24,26,28-29,31-32,34-53H2,1-3H3/b19-16-,23-20-,27-25-,33-30-/t54-/m0/s1. The monoisotopic (exact) mass is 883 g/mol. The molecule has 0 radical (unpaired) electrons. The second-order valence-corrected chi connectivity index (χ2v) is 18.1. The molecule has 0 bridgehead atoms. The van der Waals surface area contributed by atoms with E-state index >= 15 is 0 Å². The lowest BCUT2D eigenvalue weighted by Crippen LogP contribution is -2.30. The molecule has 0 rings (SSSR count). The first-order valence-corrected chi connectivity index (χ1v) is 27.1. The zero-order valence-electron chi connectivity index (χ0n) is 41.8. The molecule has 0 saturated carbocycles. The molecule has 6 nitrogen and oxygen atoms in total. The van der Waals surface area contributed by atoms with E-state index in [0.29, 0.717) is 19.3 Å². The molecule has 0 aliphatic heterocycles. The van der Waals surface area contributed by atoms with Crippen LogP contribution in [0.2, 0.25) is 0 Å². The van der Waals surface area contributed by atoms with Crippen LogP contribution in [0.3, 0.4) is 0 Å². The van der Waals surface area contributed by atoms with E-state index in [4.69, 9.17) is 14.2 Å². The highest BCUT2D eigenvalue weighted by atomic mass is 16.6. The first-order chi connectivity index (χ1) is 31.0. The van der Waals surface area contributed by atoms with Gasteiger partial charge in [0.2, 0.25) is 0 Å². The molecular weight excluding hydrogens is 781 g/mol. The Hall–Kier alpha value is -2.63. The van der Waals surface area contributed by atoms with Crippen LogP contribution >= 0.6 is 0 Å². The Bertz CT molecular complexity index is 1110. The normalized spacial score (nSPS) is 12.4. The molecule has 0 N–H and O–H groups in total. The summed E-state index contributed by atoms with van der Waals surface area (Å²) in [6.07, 6.45) is 62.3. The fourth-order valence-electron chi connectivity index (χ4n) is 7.68. The average molecular weight is 883 g/mol. The minimum Gasteiger partial charge on any atom is -0.462 e. The molecule has 0 spiro atoms. The number of rotatable bonds is 49. The van der Waals surface area contributed by atoms with Gasteiger partial charge < -0.3 is 14.2 Å². The van der Waals surface area contributed by atoms with Gasteiger partial charge in [-0.15, -0.1) is 0 Å². The van der Waals surface area contributed by atoms with Crippen molar-refractivity contribution in [2.24, 2.45) is 0 Å². The zero-order valence-corrected chi connectivity index (χ0v) is 41.8. The Morgan fingerprint density at radius 3 is 0.952 bits per heavy atom. The lowest BCUT2D eigenvalue weighted by molar-refractivity contribution is -0.167. The largest absolute Gasteiger partial charge is 0.462 e. The molecule has 366 valence electrons. The van der Waals surface area contributed by atoms with E-state index in [1.807, 2.05) is 0 Å². The van der Waals surface area contributed by atoms with Crippen molar-refractivity contribution in [3.05, 3.63) is 48.6 Å². The molecule has 0 saturated heterocycles. The fraction of sp³-hybridized carbons (Fsp3) is 0.807. The van der Waals surface area contributed by atoms with Gasteiger partial charge in [-0.1, -0.05) is 223 Å². The fourth-order valence-corrected chi connectivity index (χ4v) is 7.68. The van der Waals surface area contributed by atoms with E-state index in [-0.39, 0.29) is 31.1 Å². The molecule has 0 heterocycles. The molecule has 0 aromatic rings. The highest BCUT2D eigenvalue weighted by Crippen LogP contribution is 2.15. The molecule has 0 fully saturated rings. The number of esters is 3. The van der Waals surface area contributed by atoms with Crippen molar-refractivity contribution < 1.29 is 28.6 Å². The Morgan fingerprint density at radius 2 is 0.571 bits per heavy atom. The van der Waals surface area contributed by atoms with Crippen LogP contribution in [0.15, 0.2) is 48.6 Å². The van der Waals surface area contributed by atoms with Crippen molar-refractivity contribution >= 4 is 17.9 Å². The van der Waals surface area contributed by atoms with Gasteiger partial charge in [0.1, 0.15) is 13.2 Å². The predicted molar refractivity (Wildman–Crippen MR) is 270 cm³/mol. The van der Waals surface area contributed by atoms with E-state index in [9.17, 15) is 14.4 Å². The van der Waals surface area contributed by atoms with Gasteiger partial charge in [-0.25, -0.2) is 0 Å². The number of carbonyl (C=O) groups is 3. The quantitative estimate of drug-likeness (QED) is 0.0262. The summed E-state index contributed by atoms with van der Waals surface area (Å²) in [4.78, 5) is 38.0. The summed E-state index contributed by atoms with van der Waals surface area (Å²) in [6.45, 7) is 6.60. The third kappa shape index (κ3) is 50.2. The second kappa shape index (κ2) is 52.0. The zero-order chi connectivity index (χ0) is 45.8. The Morgan fingerprint density at radius 1 is 0.317 bits per heavy atom. The first-order valence-electron chi connectivity index (χ1n) is 27.1. The van der Waals surface area contributed by atoms with E-state index < -0.39 is 6.10 Å². The highest BCUT2D eigenvalue weighted by Gasteiger charge is 2.19. The second-order valence-electron chi connectivity index (χ2n) is 18.1. The first kappa shape index (κ1) is 60.4. The van der Waals surface area contributed by atoms with Gasteiger partial charge in [0, 0.05) is 19.3 Å². The summed E-state index contributed by atoms with van der Waals surface area (Å²) in [5.41, 5.74) is 0. The van der Waals surface area contributed by atoms with E-state index in [1.54, 1.807) is 0 Å². The highest BCUT2D eigenvalue weighted by molar-refractivity contribution is 5.71. The Kier molecular flexibility index (Phi) is 49.8. The van der Waals surface area contributed by atoms with Crippen molar-refractivity contribution in [3.8, 4) is 0 Å². The number of hydrogen-bond acceptors (Lipinski definition) is 6. The number of ether oxygens (including phenoxy) is 3. The van der Waals surface area contributed by atoms with Gasteiger partial charge in [0.25, 0.3) is 0 Å². The minimum absolute atomic E-state index is 0.0810. The van der Waals surface area contributed by atoms with Crippen LogP contribution in [0.5, 0.6) is 0 Å². The summed E-state index contributed by atoms with van der Waals surface area (Å²) in [7, 11) is 0. The van der Waals surface area contributed by atoms with E-state index in [2.05, 4.69) is 69.4 Å². The number of unbranched alkanes of at least 4 members (excludes halogenated alkanes) is 30. The SMILES string of the molecule is CCCCC/C=C\C/C=C\C/C=C\CCCCCCC(=O)O[C@H](COC(=O)CCCCCCCCC/C=C\CCCCCC)COC(=O)CCCCCCCCCCCCCCC. The third-order valence-electron chi connectivity index (χ3n) is 11.8. The van der Waals surface area contributed by atoms with Crippen LogP contribution in [0.4, 0.5) is 0 Å². The van der Waals surface area contributed by atoms with E-state index in [1.165, 1.54) is 154 Å². The van der Waals surface area contributed by atoms with Gasteiger partial charge in [0.15, 0.2) is 6.10 Å². The average Bonchev–Trinajstić information content (AvgIpc) is 3.28. The van der Waals surface area contributed by atoms with Gasteiger partial charge in [-0.05, 0) is 83.5 Å². The maximum absolute atomic E-state index is 12.8. The number of allylic oxidation sites excluding steroid dienone is 8. The lowest BCUT2D eigenvalue weighted by Gasteiger charge is -2.18. The number of carbonyl (C=O) groups excluding carboxylic acids is 3. The third-order valence-corrected chi connectivity index (χ3v) is 11.8. The molecule has 0 aromatic carbocycles. The molecule has 6 heteroatoms. The molecule has 0 aromatic heterocycles. The Balaban J connectivity index is 4.41. The summed E-state index contributed by atoms with van der Waals surface area (Å²) >= 11 is 0. The van der Waals surface area contributed by atoms with Crippen molar-refractivity contribution in [1.29, 1.82) is 0 Å². The van der Waals surface area contributed by atoms with Crippen molar-refractivity contribution in [1.82, 2.24) is 0 Å². The van der Waals surface area contributed by atoms with Crippen LogP contribution in [0.25, 0.3) is 0 Å². The van der Waals surface area contributed by atoms with Crippen LogP contribution in [0.1, 0.15) is 278 Å². The Labute approximate surface area is 390 Å². The predicted octanol–water partition coefficient (Wildman–Crippen LogP) is 17.9. The van der Waals surface area contributed by atoms with Crippen LogP contribution in [-0.4, -0.2) is 37.2 Å². The molecular formula is C57H102O6. The molecule has 0 aliphatic carbocycles. The van der Waals surface area contributed by atoms with Crippen molar-refractivity contribution in [3.63, 3.8) is 0 Å².